The molecule has 0 bridgehead atoms. The third-order valence-electron chi connectivity index (χ3n) is 4.17. The highest BCUT2D eigenvalue weighted by Crippen LogP contribution is 2.40. The Bertz CT molecular complexity index is 209. The fourth-order valence-corrected chi connectivity index (χ4v) is 3.29. The SMILES string of the molecule is CC1CC(C2C=CCC2)CC(C)C1O. The summed E-state index contributed by atoms with van der Waals surface area (Å²) in [6, 6.07) is 0. The Morgan fingerprint density at radius 1 is 1.14 bits per heavy atom. The Kier molecular flexibility index (Phi) is 2.96. The smallest absolute Gasteiger partial charge is 0.0591 e. The van der Waals surface area contributed by atoms with E-state index >= 15 is 0 Å². The van der Waals surface area contributed by atoms with Gasteiger partial charge in [-0.3, -0.25) is 0 Å². The molecule has 2 aliphatic carbocycles. The topological polar surface area (TPSA) is 20.2 Å². The van der Waals surface area contributed by atoms with Gasteiger partial charge in [0.1, 0.15) is 0 Å². The van der Waals surface area contributed by atoms with Gasteiger partial charge < -0.3 is 5.11 Å². The number of allylic oxidation sites excluding steroid dienone is 2. The fraction of sp³-hybridized carbons (Fsp3) is 0.846. The molecule has 0 spiro atoms. The molecule has 1 fully saturated rings. The van der Waals surface area contributed by atoms with Crippen LogP contribution in [0.2, 0.25) is 0 Å². The van der Waals surface area contributed by atoms with E-state index in [9.17, 15) is 5.11 Å². The second-order valence-corrected chi connectivity index (χ2v) is 5.35. The van der Waals surface area contributed by atoms with Gasteiger partial charge in [0.2, 0.25) is 0 Å². The fourth-order valence-electron chi connectivity index (χ4n) is 3.29. The molecule has 2 rings (SSSR count). The maximum atomic E-state index is 9.89. The molecule has 3 unspecified atom stereocenters. The van der Waals surface area contributed by atoms with Gasteiger partial charge in [-0.2, -0.15) is 0 Å². The molecule has 1 nitrogen and oxygen atoms in total. The number of aliphatic hydroxyl groups excluding tert-OH is 1. The summed E-state index contributed by atoms with van der Waals surface area (Å²) in [5.41, 5.74) is 0. The first-order valence-corrected chi connectivity index (χ1v) is 6.03. The molecule has 0 aliphatic heterocycles. The highest BCUT2D eigenvalue weighted by Gasteiger charge is 2.34. The van der Waals surface area contributed by atoms with E-state index in [2.05, 4.69) is 26.0 Å². The number of rotatable bonds is 1. The van der Waals surface area contributed by atoms with Crippen LogP contribution < -0.4 is 0 Å². The van der Waals surface area contributed by atoms with Crippen LogP contribution >= 0.6 is 0 Å². The van der Waals surface area contributed by atoms with Crippen LogP contribution in [0.15, 0.2) is 12.2 Å². The summed E-state index contributed by atoms with van der Waals surface area (Å²) < 4.78 is 0. The second kappa shape index (κ2) is 4.06. The number of hydrogen-bond acceptors (Lipinski definition) is 1. The number of aliphatic hydroxyl groups is 1. The molecule has 2 aliphatic rings. The van der Waals surface area contributed by atoms with Gasteiger partial charge in [0.15, 0.2) is 0 Å². The third-order valence-corrected chi connectivity index (χ3v) is 4.17. The van der Waals surface area contributed by atoms with Gasteiger partial charge in [0.05, 0.1) is 6.10 Å². The molecule has 1 heteroatoms. The van der Waals surface area contributed by atoms with E-state index in [0.717, 1.165) is 11.8 Å². The average Bonchev–Trinajstić information content (AvgIpc) is 2.66. The minimum Gasteiger partial charge on any atom is -0.393 e. The van der Waals surface area contributed by atoms with Crippen LogP contribution in [-0.4, -0.2) is 11.2 Å². The lowest BCUT2D eigenvalue weighted by atomic mass is 9.70. The Hall–Kier alpha value is -0.300. The molecule has 0 aromatic carbocycles. The van der Waals surface area contributed by atoms with E-state index < -0.39 is 0 Å². The number of hydrogen-bond donors (Lipinski definition) is 1. The summed E-state index contributed by atoms with van der Waals surface area (Å²) in [6.07, 6.45) is 9.73. The van der Waals surface area contributed by atoms with E-state index in [0.29, 0.717) is 11.8 Å². The first-order chi connectivity index (χ1) is 6.68. The van der Waals surface area contributed by atoms with E-state index in [1.165, 1.54) is 25.7 Å². The highest BCUT2D eigenvalue weighted by atomic mass is 16.3. The first kappa shape index (κ1) is 10.2. The summed E-state index contributed by atoms with van der Waals surface area (Å²) in [5.74, 6) is 2.64. The summed E-state index contributed by atoms with van der Waals surface area (Å²) in [7, 11) is 0. The molecule has 0 aromatic heterocycles. The lowest BCUT2D eigenvalue weighted by molar-refractivity contribution is 0.00285. The van der Waals surface area contributed by atoms with Crippen molar-refractivity contribution in [2.45, 2.75) is 45.6 Å². The minimum absolute atomic E-state index is 0.0587. The van der Waals surface area contributed by atoms with Crippen molar-refractivity contribution in [3.8, 4) is 0 Å². The van der Waals surface area contributed by atoms with E-state index in [4.69, 9.17) is 0 Å². The molecule has 1 saturated carbocycles. The van der Waals surface area contributed by atoms with Crippen molar-refractivity contribution in [3.63, 3.8) is 0 Å². The van der Waals surface area contributed by atoms with Gasteiger partial charge in [0.25, 0.3) is 0 Å². The zero-order chi connectivity index (χ0) is 10.1. The van der Waals surface area contributed by atoms with Crippen molar-refractivity contribution >= 4 is 0 Å². The van der Waals surface area contributed by atoms with Crippen LogP contribution in [0, 0.1) is 23.7 Å². The Balaban J connectivity index is 1.98. The lowest BCUT2D eigenvalue weighted by Crippen LogP contribution is -2.36. The van der Waals surface area contributed by atoms with Gasteiger partial charge in [-0.1, -0.05) is 26.0 Å². The molecule has 3 atom stereocenters. The molecule has 0 aromatic rings. The predicted octanol–water partition coefficient (Wildman–Crippen LogP) is 3.00. The van der Waals surface area contributed by atoms with Gasteiger partial charge >= 0.3 is 0 Å². The van der Waals surface area contributed by atoms with Crippen molar-refractivity contribution in [1.82, 2.24) is 0 Å². The van der Waals surface area contributed by atoms with Crippen molar-refractivity contribution in [2.75, 3.05) is 0 Å². The molecule has 1 N–H and O–H groups in total. The zero-order valence-electron chi connectivity index (χ0n) is 9.32. The van der Waals surface area contributed by atoms with Crippen LogP contribution in [0.1, 0.15) is 39.5 Å². The van der Waals surface area contributed by atoms with Crippen molar-refractivity contribution in [1.29, 1.82) is 0 Å². The summed E-state index contributed by atoms with van der Waals surface area (Å²) >= 11 is 0. The maximum Gasteiger partial charge on any atom is 0.0591 e. The first-order valence-electron chi connectivity index (χ1n) is 6.03. The normalized spacial score (nSPS) is 48.4. The molecule has 14 heavy (non-hydrogen) atoms. The Morgan fingerprint density at radius 2 is 1.79 bits per heavy atom. The van der Waals surface area contributed by atoms with Crippen LogP contribution in [0.25, 0.3) is 0 Å². The van der Waals surface area contributed by atoms with Crippen LogP contribution in [0.5, 0.6) is 0 Å². The van der Waals surface area contributed by atoms with E-state index in [1.807, 2.05) is 0 Å². The molecule has 0 saturated heterocycles. The van der Waals surface area contributed by atoms with Crippen LogP contribution in [0.3, 0.4) is 0 Å². The molecule has 0 radical (unpaired) electrons. The minimum atomic E-state index is -0.0587. The molecular formula is C13H22O. The summed E-state index contributed by atoms with van der Waals surface area (Å²) in [4.78, 5) is 0. The zero-order valence-corrected chi connectivity index (χ0v) is 9.32. The monoisotopic (exact) mass is 194 g/mol. The quantitative estimate of drug-likeness (QED) is 0.636. The van der Waals surface area contributed by atoms with Crippen molar-refractivity contribution in [3.05, 3.63) is 12.2 Å². The van der Waals surface area contributed by atoms with Gasteiger partial charge in [-0.05, 0) is 49.4 Å². The Morgan fingerprint density at radius 3 is 2.29 bits per heavy atom. The third kappa shape index (κ3) is 1.88. The standard InChI is InChI=1S/C13H22O/c1-9-7-12(8-10(2)13(9)14)11-5-3-4-6-11/h3,5,9-14H,4,6-8H2,1-2H3. The Labute approximate surface area is 87.2 Å². The van der Waals surface area contributed by atoms with Gasteiger partial charge in [-0.15, -0.1) is 0 Å². The maximum absolute atomic E-state index is 9.89. The van der Waals surface area contributed by atoms with E-state index in [-0.39, 0.29) is 6.10 Å². The summed E-state index contributed by atoms with van der Waals surface area (Å²) in [6.45, 7) is 4.40. The molecule has 0 amide bonds. The predicted molar refractivity (Wildman–Crippen MR) is 58.9 cm³/mol. The van der Waals surface area contributed by atoms with Crippen LogP contribution in [-0.2, 0) is 0 Å². The van der Waals surface area contributed by atoms with Gasteiger partial charge in [-0.25, -0.2) is 0 Å². The average molecular weight is 194 g/mol. The molecule has 80 valence electrons. The van der Waals surface area contributed by atoms with Crippen LogP contribution in [0.4, 0.5) is 0 Å². The highest BCUT2D eigenvalue weighted by molar-refractivity contribution is 5.00. The molecule has 0 heterocycles. The van der Waals surface area contributed by atoms with Crippen molar-refractivity contribution < 1.29 is 5.11 Å². The van der Waals surface area contributed by atoms with Crippen molar-refractivity contribution in [2.24, 2.45) is 23.7 Å². The largest absolute Gasteiger partial charge is 0.393 e. The summed E-state index contributed by atoms with van der Waals surface area (Å²) in [5, 5.41) is 9.89. The van der Waals surface area contributed by atoms with Gasteiger partial charge in [0, 0.05) is 0 Å². The second-order valence-electron chi connectivity index (χ2n) is 5.35. The molecular weight excluding hydrogens is 172 g/mol. The van der Waals surface area contributed by atoms with E-state index in [1.54, 1.807) is 0 Å². The lowest BCUT2D eigenvalue weighted by Gasteiger charge is -2.38.